The van der Waals surface area contributed by atoms with Crippen LogP contribution in [0.5, 0.6) is 0 Å². The van der Waals surface area contributed by atoms with E-state index in [0.29, 0.717) is 5.56 Å². The zero-order chi connectivity index (χ0) is 25.0. The van der Waals surface area contributed by atoms with E-state index in [2.05, 4.69) is 16.7 Å². The van der Waals surface area contributed by atoms with Gasteiger partial charge in [-0.15, -0.1) is 0 Å². The van der Waals surface area contributed by atoms with Gasteiger partial charge in [0.2, 0.25) is 5.91 Å². The Labute approximate surface area is 203 Å². The molecule has 1 aliphatic carbocycles. The molecule has 4 rings (SSSR count). The smallest absolute Gasteiger partial charge is 0.217 e. The fraction of sp³-hybridized carbons (Fsp3) is 0.321. The van der Waals surface area contributed by atoms with Crippen molar-refractivity contribution in [3.8, 4) is 11.1 Å². The minimum atomic E-state index is -0.966. The first-order valence-corrected chi connectivity index (χ1v) is 11.7. The van der Waals surface area contributed by atoms with Gasteiger partial charge in [-0.3, -0.25) is 4.79 Å². The summed E-state index contributed by atoms with van der Waals surface area (Å²) in [5, 5.41) is 26.5. The van der Waals surface area contributed by atoms with E-state index in [1.807, 2.05) is 42.5 Å². The van der Waals surface area contributed by atoms with Crippen LogP contribution in [0.3, 0.4) is 0 Å². The van der Waals surface area contributed by atoms with Crippen molar-refractivity contribution < 1.29 is 23.8 Å². The Balaban J connectivity index is 1.47. The van der Waals surface area contributed by atoms with E-state index in [4.69, 9.17) is 0 Å². The monoisotopic (exact) mass is 480 g/mol. The van der Waals surface area contributed by atoms with Crippen molar-refractivity contribution in [1.29, 1.82) is 0 Å². The molecule has 1 aliphatic rings. The molecule has 2 unspecified atom stereocenters. The summed E-state index contributed by atoms with van der Waals surface area (Å²) in [5.74, 6) is -1.73. The van der Waals surface area contributed by atoms with Gasteiger partial charge in [-0.25, -0.2) is 8.78 Å². The molecular weight excluding hydrogens is 450 g/mol. The normalized spacial score (nSPS) is 15.9. The van der Waals surface area contributed by atoms with Gasteiger partial charge >= 0.3 is 0 Å². The van der Waals surface area contributed by atoms with Crippen LogP contribution in [0.15, 0.2) is 66.7 Å². The van der Waals surface area contributed by atoms with Crippen molar-refractivity contribution in [3.05, 3.63) is 95.1 Å². The van der Waals surface area contributed by atoms with Crippen molar-refractivity contribution in [2.45, 2.75) is 50.5 Å². The van der Waals surface area contributed by atoms with Crippen molar-refractivity contribution in [2.75, 3.05) is 6.54 Å². The molecule has 7 heteroatoms. The highest BCUT2D eigenvalue weighted by Crippen LogP contribution is 2.46. The van der Waals surface area contributed by atoms with Crippen LogP contribution >= 0.6 is 0 Å². The van der Waals surface area contributed by atoms with E-state index in [-0.39, 0.29) is 31.0 Å². The lowest BCUT2D eigenvalue weighted by Crippen LogP contribution is -2.49. The zero-order valence-electron chi connectivity index (χ0n) is 19.6. The molecule has 35 heavy (non-hydrogen) atoms. The predicted molar refractivity (Wildman–Crippen MR) is 130 cm³/mol. The van der Waals surface area contributed by atoms with E-state index < -0.39 is 23.8 Å². The van der Waals surface area contributed by atoms with Crippen LogP contribution in [0.2, 0.25) is 0 Å². The van der Waals surface area contributed by atoms with Crippen LogP contribution in [0.25, 0.3) is 11.1 Å². The lowest BCUT2D eigenvalue weighted by Gasteiger charge is -2.27. The number of hydrogen-bond donors (Lipinski definition) is 4. The number of hydrogen-bond acceptors (Lipinski definition) is 4. The first-order chi connectivity index (χ1) is 16.8. The van der Waals surface area contributed by atoms with Gasteiger partial charge in [-0.1, -0.05) is 36.4 Å². The molecule has 0 bridgehead atoms. The highest BCUT2D eigenvalue weighted by atomic mass is 19.1. The average Bonchev–Trinajstić information content (AvgIpc) is 3.62. The minimum absolute atomic E-state index is 0.0192. The summed E-state index contributed by atoms with van der Waals surface area (Å²) in [7, 11) is 0. The average molecular weight is 481 g/mol. The summed E-state index contributed by atoms with van der Waals surface area (Å²) in [6.07, 6.45) is 0.937. The van der Waals surface area contributed by atoms with Gasteiger partial charge in [0.05, 0.1) is 18.8 Å². The molecule has 0 radical (unpaired) electrons. The maximum Gasteiger partial charge on any atom is 0.217 e. The molecule has 5 nitrogen and oxygen atoms in total. The molecular formula is C28H30F2N2O3. The summed E-state index contributed by atoms with van der Waals surface area (Å²) in [5.41, 5.74) is 4.08. The Kier molecular flexibility index (Phi) is 7.60. The van der Waals surface area contributed by atoms with Gasteiger partial charge in [-0.2, -0.15) is 0 Å². The molecule has 0 aromatic heterocycles. The Morgan fingerprint density at radius 2 is 1.63 bits per heavy atom. The minimum Gasteiger partial charge on any atom is -0.392 e. The van der Waals surface area contributed by atoms with Gasteiger partial charge in [-0.05, 0) is 71.3 Å². The predicted octanol–water partition coefficient (Wildman–Crippen LogP) is 3.81. The highest BCUT2D eigenvalue weighted by Gasteiger charge is 2.44. The second-order valence-corrected chi connectivity index (χ2v) is 9.26. The fourth-order valence-electron chi connectivity index (χ4n) is 4.51. The van der Waals surface area contributed by atoms with Crippen LogP contribution in [-0.4, -0.2) is 34.8 Å². The number of carbonyl (C=O) groups is 1. The Morgan fingerprint density at radius 3 is 2.26 bits per heavy atom. The van der Waals surface area contributed by atoms with Crippen LogP contribution in [0.4, 0.5) is 8.78 Å². The Morgan fingerprint density at radius 1 is 0.971 bits per heavy atom. The number of benzene rings is 3. The largest absolute Gasteiger partial charge is 0.392 e. The topological polar surface area (TPSA) is 81.6 Å². The van der Waals surface area contributed by atoms with Gasteiger partial charge in [0, 0.05) is 25.1 Å². The lowest BCUT2D eigenvalue weighted by atomic mass is 9.96. The highest BCUT2D eigenvalue weighted by molar-refractivity contribution is 5.73. The van der Waals surface area contributed by atoms with Gasteiger partial charge < -0.3 is 20.8 Å². The van der Waals surface area contributed by atoms with Gasteiger partial charge in [0.25, 0.3) is 0 Å². The van der Waals surface area contributed by atoms with E-state index in [1.54, 1.807) is 0 Å². The second-order valence-electron chi connectivity index (χ2n) is 9.26. The van der Waals surface area contributed by atoms with Crippen LogP contribution in [0.1, 0.15) is 36.5 Å². The molecule has 0 aliphatic heterocycles. The third kappa shape index (κ3) is 6.31. The lowest BCUT2D eigenvalue weighted by molar-refractivity contribution is -0.120. The van der Waals surface area contributed by atoms with E-state index in [9.17, 15) is 23.8 Å². The summed E-state index contributed by atoms with van der Waals surface area (Å²) in [4.78, 5) is 11.7. The fourth-order valence-corrected chi connectivity index (χ4v) is 4.51. The molecule has 1 amide bonds. The number of aliphatic hydroxyl groups excluding tert-OH is 2. The molecule has 1 saturated carbocycles. The number of carbonyl (C=O) groups excluding carboxylic acids is 1. The van der Waals surface area contributed by atoms with E-state index in [0.717, 1.165) is 41.2 Å². The zero-order valence-corrected chi connectivity index (χ0v) is 19.6. The molecule has 0 spiro atoms. The van der Waals surface area contributed by atoms with Crippen LogP contribution < -0.4 is 10.6 Å². The molecule has 3 aromatic carbocycles. The SMILES string of the molecule is CC(=O)NC(Cc1cc(F)cc(F)c1)C(O)CNC1(c2cccc(-c3cccc(CO)c3)c2)CC1. The standard InChI is InChI=1S/C28H30F2N2O3/c1-18(34)32-26(13-20-11-24(29)15-25(30)12-20)27(35)16-31-28(8-9-28)23-7-3-6-22(14-23)21-5-2-4-19(10-21)17-33/h2-7,10-12,14-15,26-27,31,33,35H,8-9,13,16-17H2,1H3,(H,32,34). The molecule has 0 saturated heterocycles. The molecule has 1 fully saturated rings. The van der Waals surface area contributed by atoms with Gasteiger partial charge in [0.15, 0.2) is 0 Å². The van der Waals surface area contributed by atoms with E-state index >= 15 is 0 Å². The summed E-state index contributed by atoms with van der Waals surface area (Å²) in [6, 6.07) is 18.4. The Bertz CT molecular complexity index is 1180. The van der Waals surface area contributed by atoms with E-state index in [1.165, 1.54) is 19.1 Å². The maximum atomic E-state index is 13.6. The number of nitrogens with one attached hydrogen (secondary N) is 2. The van der Waals surface area contributed by atoms with Crippen LogP contribution in [0, 0.1) is 11.6 Å². The van der Waals surface area contributed by atoms with Crippen molar-refractivity contribution in [2.24, 2.45) is 0 Å². The van der Waals surface area contributed by atoms with Crippen molar-refractivity contribution in [1.82, 2.24) is 10.6 Å². The number of rotatable bonds is 10. The van der Waals surface area contributed by atoms with Crippen molar-refractivity contribution in [3.63, 3.8) is 0 Å². The number of halogens is 2. The quantitative estimate of drug-likeness (QED) is 0.356. The molecule has 184 valence electrons. The van der Waals surface area contributed by atoms with Crippen LogP contribution in [-0.2, 0) is 23.4 Å². The number of amides is 1. The third-order valence-corrected chi connectivity index (χ3v) is 6.49. The molecule has 4 N–H and O–H groups in total. The molecule has 0 heterocycles. The first-order valence-electron chi connectivity index (χ1n) is 11.7. The summed E-state index contributed by atoms with van der Waals surface area (Å²) < 4.78 is 27.3. The second kappa shape index (κ2) is 10.6. The van der Waals surface area contributed by atoms with Crippen molar-refractivity contribution >= 4 is 5.91 Å². The Hall–Kier alpha value is -3.13. The summed E-state index contributed by atoms with van der Waals surface area (Å²) >= 11 is 0. The molecule has 2 atom stereocenters. The summed E-state index contributed by atoms with van der Waals surface area (Å²) in [6.45, 7) is 1.53. The molecule has 3 aromatic rings. The maximum absolute atomic E-state index is 13.6. The van der Waals surface area contributed by atoms with Gasteiger partial charge in [0.1, 0.15) is 11.6 Å². The third-order valence-electron chi connectivity index (χ3n) is 6.49. The number of aliphatic hydroxyl groups is 2. The first kappa shape index (κ1) is 25.0.